The van der Waals surface area contributed by atoms with Crippen LogP contribution < -0.4 is 14.5 Å². The SMILES string of the molecule is CCC1CCCN(c2ccc(N3CCc4cc(OC[C@@H]5CCCO5)ccc4C3=O)cc2)CC1. The summed E-state index contributed by atoms with van der Waals surface area (Å²) in [7, 11) is 0. The molecule has 5 heteroatoms. The van der Waals surface area contributed by atoms with Gasteiger partial charge in [0.15, 0.2) is 0 Å². The molecule has 33 heavy (non-hydrogen) atoms. The lowest BCUT2D eigenvalue weighted by Gasteiger charge is -2.30. The van der Waals surface area contributed by atoms with Crippen LogP contribution in [0, 0.1) is 5.92 Å². The van der Waals surface area contributed by atoms with Crippen molar-refractivity contribution in [2.75, 3.05) is 42.6 Å². The van der Waals surface area contributed by atoms with Crippen LogP contribution in [0.15, 0.2) is 42.5 Å². The summed E-state index contributed by atoms with van der Waals surface area (Å²) in [5.41, 5.74) is 4.11. The number of hydrogen-bond acceptors (Lipinski definition) is 4. The fraction of sp³-hybridized carbons (Fsp3) is 0.536. The molecule has 176 valence electrons. The Kier molecular flexibility index (Phi) is 6.86. The van der Waals surface area contributed by atoms with E-state index in [-0.39, 0.29) is 12.0 Å². The second-order valence-corrected chi connectivity index (χ2v) is 9.68. The summed E-state index contributed by atoms with van der Waals surface area (Å²) in [6.07, 6.45) is 8.38. The number of amides is 1. The minimum Gasteiger partial charge on any atom is -0.491 e. The zero-order chi connectivity index (χ0) is 22.6. The van der Waals surface area contributed by atoms with Gasteiger partial charge in [0.2, 0.25) is 0 Å². The number of carbonyl (C=O) groups is 1. The van der Waals surface area contributed by atoms with Gasteiger partial charge in [-0.15, -0.1) is 0 Å². The van der Waals surface area contributed by atoms with Gasteiger partial charge in [-0.25, -0.2) is 0 Å². The lowest BCUT2D eigenvalue weighted by molar-refractivity contribution is 0.0679. The average Bonchev–Trinajstić information content (AvgIpc) is 3.26. The quantitative estimate of drug-likeness (QED) is 0.588. The minimum atomic E-state index is 0.0789. The standard InChI is InChI=1S/C28H36N2O3/c1-2-21-5-3-15-29(16-13-21)23-7-9-24(10-8-23)30-17-14-22-19-25(11-12-27(22)28(30)31)33-20-26-6-4-18-32-26/h7-12,19,21,26H,2-6,13-18,20H2,1H3/t21?,26-/m0/s1. The molecular formula is C28H36N2O3. The van der Waals surface area contributed by atoms with Crippen LogP contribution in [0.25, 0.3) is 0 Å². The highest BCUT2D eigenvalue weighted by molar-refractivity contribution is 6.08. The molecule has 5 rings (SSSR count). The van der Waals surface area contributed by atoms with Gasteiger partial charge in [0, 0.05) is 43.2 Å². The maximum Gasteiger partial charge on any atom is 0.258 e. The molecular weight excluding hydrogens is 412 g/mol. The first-order chi connectivity index (χ1) is 16.2. The molecule has 2 atom stereocenters. The Balaban J connectivity index is 1.23. The smallest absolute Gasteiger partial charge is 0.258 e. The fourth-order valence-corrected chi connectivity index (χ4v) is 5.44. The van der Waals surface area contributed by atoms with Crippen molar-refractivity contribution in [3.8, 4) is 5.75 Å². The molecule has 0 spiro atoms. The second kappa shape index (κ2) is 10.2. The summed E-state index contributed by atoms with van der Waals surface area (Å²) in [5.74, 6) is 1.77. The van der Waals surface area contributed by atoms with Gasteiger partial charge in [0.1, 0.15) is 12.4 Å². The fourth-order valence-electron chi connectivity index (χ4n) is 5.44. The van der Waals surface area contributed by atoms with Crippen LogP contribution in [0.5, 0.6) is 5.75 Å². The van der Waals surface area contributed by atoms with E-state index in [4.69, 9.17) is 9.47 Å². The number of benzene rings is 2. The molecule has 0 saturated carbocycles. The van der Waals surface area contributed by atoms with E-state index in [9.17, 15) is 4.79 Å². The van der Waals surface area contributed by atoms with E-state index < -0.39 is 0 Å². The molecule has 2 aromatic carbocycles. The van der Waals surface area contributed by atoms with Crippen molar-refractivity contribution in [1.29, 1.82) is 0 Å². The summed E-state index contributed by atoms with van der Waals surface area (Å²) in [5, 5.41) is 0. The van der Waals surface area contributed by atoms with E-state index in [0.29, 0.717) is 13.2 Å². The van der Waals surface area contributed by atoms with E-state index in [1.165, 1.54) is 31.4 Å². The number of anilines is 2. The van der Waals surface area contributed by atoms with Crippen LogP contribution in [0.3, 0.4) is 0 Å². The van der Waals surface area contributed by atoms with Crippen molar-refractivity contribution in [2.24, 2.45) is 5.92 Å². The topological polar surface area (TPSA) is 42.0 Å². The van der Waals surface area contributed by atoms with E-state index in [1.54, 1.807) is 0 Å². The van der Waals surface area contributed by atoms with E-state index in [0.717, 1.165) is 67.4 Å². The molecule has 3 aliphatic heterocycles. The first-order valence-electron chi connectivity index (χ1n) is 12.8. The number of fused-ring (bicyclic) bond motifs is 1. The Labute approximate surface area is 197 Å². The lowest BCUT2D eigenvalue weighted by atomic mass is 9.98. The predicted molar refractivity (Wildman–Crippen MR) is 133 cm³/mol. The zero-order valence-electron chi connectivity index (χ0n) is 19.8. The molecule has 1 amide bonds. The van der Waals surface area contributed by atoms with Crippen LogP contribution in [0.1, 0.15) is 61.4 Å². The maximum atomic E-state index is 13.3. The van der Waals surface area contributed by atoms with Gasteiger partial charge < -0.3 is 19.3 Å². The van der Waals surface area contributed by atoms with Gasteiger partial charge in [0.25, 0.3) is 5.91 Å². The molecule has 1 unspecified atom stereocenters. The van der Waals surface area contributed by atoms with Gasteiger partial charge in [0.05, 0.1) is 6.10 Å². The van der Waals surface area contributed by atoms with Gasteiger partial charge in [-0.3, -0.25) is 4.79 Å². The Morgan fingerprint density at radius 1 is 0.970 bits per heavy atom. The lowest BCUT2D eigenvalue weighted by Crippen LogP contribution is -2.37. The normalized spacial score (nSPS) is 23.4. The monoisotopic (exact) mass is 448 g/mol. The van der Waals surface area contributed by atoms with Gasteiger partial charge in [-0.2, -0.15) is 0 Å². The minimum absolute atomic E-state index is 0.0789. The zero-order valence-corrected chi connectivity index (χ0v) is 19.8. The van der Waals surface area contributed by atoms with Crippen molar-refractivity contribution < 1.29 is 14.3 Å². The summed E-state index contributed by atoms with van der Waals surface area (Å²) >= 11 is 0. The molecule has 3 heterocycles. The average molecular weight is 449 g/mol. The van der Waals surface area contributed by atoms with Crippen LogP contribution in [-0.2, 0) is 11.2 Å². The Bertz CT molecular complexity index is 952. The molecule has 2 fully saturated rings. The Morgan fingerprint density at radius 2 is 1.82 bits per heavy atom. The van der Waals surface area contributed by atoms with Gasteiger partial charge in [-0.1, -0.05) is 13.3 Å². The molecule has 3 aliphatic rings. The third-order valence-corrected chi connectivity index (χ3v) is 7.57. The summed E-state index contributed by atoms with van der Waals surface area (Å²) in [4.78, 5) is 17.7. The summed E-state index contributed by atoms with van der Waals surface area (Å²) in [6, 6.07) is 14.5. The molecule has 0 aliphatic carbocycles. The molecule has 2 saturated heterocycles. The maximum absolute atomic E-state index is 13.3. The number of nitrogens with zero attached hydrogens (tertiary/aromatic N) is 2. The van der Waals surface area contributed by atoms with Crippen LogP contribution in [0.4, 0.5) is 11.4 Å². The molecule has 0 aromatic heterocycles. The number of ether oxygens (including phenoxy) is 2. The number of hydrogen-bond donors (Lipinski definition) is 0. The molecule has 2 aromatic rings. The van der Waals surface area contributed by atoms with Crippen LogP contribution >= 0.6 is 0 Å². The number of rotatable bonds is 6. The molecule has 0 radical (unpaired) electrons. The molecule has 5 nitrogen and oxygen atoms in total. The third-order valence-electron chi connectivity index (χ3n) is 7.57. The van der Waals surface area contributed by atoms with Crippen LogP contribution in [0.2, 0.25) is 0 Å². The summed E-state index contributed by atoms with van der Waals surface area (Å²) in [6.45, 7) is 6.68. The van der Waals surface area contributed by atoms with Crippen molar-refractivity contribution in [3.05, 3.63) is 53.6 Å². The highest BCUT2D eigenvalue weighted by atomic mass is 16.5. The van der Waals surface area contributed by atoms with E-state index in [1.807, 2.05) is 23.1 Å². The van der Waals surface area contributed by atoms with Crippen molar-refractivity contribution in [2.45, 2.75) is 58.0 Å². The summed E-state index contributed by atoms with van der Waals surface area (Å²) < 4.78 is 11.6. The highest BCUT2D eigenvalue weighted by Gasteiger charge is 2.26. The second-order valence-electron chi connectivity index (χ2n) is 9.68. The largest absolute Gasteiger partial charge is 0.491 e. The molecule has 0 bridgehead atoms. The Hall–Kier alpha value is -2.53. The van der Waals surface area contributed by atoms with Gasteiger partial charge >= 0.3 is 0 Å². The van der Waals surface area contributed by atoms with Crippen molar-refractivity contribution in [3.63, 3.8) is 0 Å². The first-order valence-corrected chi connectivity index (χ1v) is 12.8. The van der Waals surface area contributed by atoms with Gasteiger partial charge in [-0.05, 0) is 92.5 Å². The molecule has 0 N–H and O–H groups in total. The number of carbonyl (C=O) groups excluding carboxylic acids is 1. The predicted octanol–water partition coefficient (Wildman–Crippen LogP) is 5.46. The van der Waals surface area contributed by atoms with E-state index in [2.05, 4.69) is 36.1 Å². The van der Waals surface area contributed by atoms with Crippen molar-refractivity contribution >= 4 is 17.3 Å². The van der Waals surface area contributed by atoms with E-state index >= 15 is 0 Å². The van der Waals surface area contributed by atoms with Crippen LogP contribution in [-0.4, -0.2) is 44.9 Å². The third kappa shape index (κ3) is 5.03. The highest BCUT2D eigenvalue weighted by Crippen LogP contribution is 2.30. The first kappa shape index (κ1) is 22.3. The Morgan fingerprint density at radius 3 is 2.61 bits per heavy atom. The van der Waals surface area contributed by atoms with Crippen molar-refractivity contribution in [1.82, 2.24) is 0 Å².